The minimum Gasteiger partial charge on any atom is -0.273 e. The zero-order valence-electron chi connectivity index (χ0n) is 6.13. The normalized spacial score (nSPS) is 14.0. The molecule has 0 heterocycles. The zero-order valence-corrected chi connectivity index (χ0v) is 12.7. The Balaban J connectivity index is 4.45. The van der Waals surface area contributed by atoms with Gasteiger partial charge in [-0.2, -0.15) is 0 Å². The molecule has 0 radical (unpaired) electrons. The maximum atomic E-state index is 5.74. The van der Waals surface area contributed by atoms with Gasteiger partial charge in [-0.05, 0) is 13.0 Å². The molecule has 0 aromatic heterocycles. The first kappa shape index (κ1) is 14.1. The second kappa shape index (κ2) is 5.28. The highest BCUT2D eigenvalue weighted by atomic mass is 35.8. The quantitative estimate of drug-likeness (QED) is 0.558. The molecule has 0 N–H and O–H groups in total. The van der Waals surface area contributed by atoms with Crippen LogP contribution in [-0.2, 0) is 0 Å². The highest BCUT2D eigenvalue weighted by Crippen LogP contribution is 2.36. The van der Waals surface area contributed by atoms with Gasteiger partial charge < -0.3 is 0 Å². The third kappa shape index (κ3) is 5.12. The number of rotatable bonds is 4. The third-order valence-electron chi connectivity index (χ3n) is 1.06. The Morgan fingerprint density at radius 3 is 1.33 bits per heavy atom. The molecule has 0 amide bonds. The maximum Gasteiger partial charge on any atom is 0.420 e. The van der Waals surface area contributed by atoms with Crippen LogP contribution in [0.2, 0.25) is 0 Å². The predicted octanol–water partition coefficient (Wildman–Crippen LogP) is 4.00. The Kier molecular flexibility index (Phi) is 6.22. The first-order valence-corrected chi connectivity index (χ1v) is 13.1. The first-order valence-electron chi connectivity index (χ1n) is 3.10. The van der Waals surface area contributed by atoms with E-state index < -0.39 is 12.3 Å². The molecule has 0 aromatic carbocycles. The summed E-state index contributed by atoms with van der Waals surface area (Å²) < 4.78 is 1.43. The van der Waals surface area contributed by atoms with E-state index in [1.54, 1.807) is 0 Å². The molecule has 12 heavy (non-hydrogen) atoms. The molecule has 0 aromatic rings. The lowest BCUT2D eigenvalue weighted by Crippen LogP contribution is -2.52. The van der Waals surface area contributed by atoms with Crippen LogP contribution < -0.4 is 0 Å². The Morgan fingerprint density at radius 2 is 1.25 bits per heavy atom. The van der Waals surface area contributed by atoms with Crippen LogP contribution in [0.25, 0.3) is 0 Å². The lowest BCUT2D eigenvalue weighted by molar-refractivity contribution is 0.652. The molecule has 9 heteroatoms. The molecule has 0 atom stereocenters. The minimum absolute atomic E-state index is 0.519. The van der Waals surface area contributed by atoms with Gasteiger partial charge in [0, 0.05) is 0 Å². The van der Waals surface area contributed by atoms with Gasteiger partial charge in [-0.25, -0.2) is 0 Å². The van der Waals surface area contributed by atoms with Crippen LogP contribution in [-0.4, -0.2) is 23.1 Å². The number of hydrogen-bond donors (Lipinski definition) is 0. The molecule has 0 fully saturated rings. The van der Waals surface area contributed by atoms with E-state index in [0.29, 0.717) is 6.54 Å². The largest absolute Gasteiger partial charge is 0.420 e. The predicted molar refractivity (Wildman–Crippen MR) is 63.6 cm³/mol. The van der Waals surface area contributed by atoms with Crippen LogP contribution in [0.3, 0.4) is 0 Å². The van der Waals surface area contributed by atoms with Gasteiger partial charge in [0.05, 0.1) is 0 Å². The Labute approximate surface area is 102 Å². The van der Waals surface area contributed by atoms with Crippen molar-refractivity contribution in [2.75, 3.05) is 6.54 Å². The van der Waals surface area contributed by atoms with Crippen molar-refractivity contribution in [3.8, 4) is 0 Å². The van der Waals surface area contributed by atoms with Gasteiger partial charge in [-0.3, -0.25) is 4.23 Å². The van der Waals surface area contributed by atoms with Crippen molar-refractivity contribution in [2.24, 2.45) is 0 Å². The van der Waals surface area contributed by atoms with Crippen LogP contribution in [0.5, 0.6) is 0 Å². The Bertz CT molecular complexity index is 127. The maximum absolute atomic E-state index is 5.74. The fourth-order valence-corrected chi connectivity index (χ4v) is 14.6. The molecule has 74 valence electrons. The van der Waals surface area contributed by atoms with Gasteiger partial charge in [-0.1, -0.05) is 6.92 Å². The van der Waals surface area contributed by atoms with Crippen LogP contribution >= 0.6 is 66.5 Å². The van der Waals surface area contributed by atoms with Crippen molar-refractivity contribution < 1.29 is 0 Å². The average molecular weight is 326 g/mol. The van der Waals surface area contributed by atoms with Crippen molar-refractivity contribution in [2.45, 2.75) is 13.3 Å². The smallest absolute Gasteiger partial charge is 0.273 e. The molecular weight excluding hydrogens is 319 g/mol. The van der Waals surface area contributed by atoms with Gasteiger partial charge in [-0.15, -0.1) is 66.5 Å². The van der Waals surface area contributed by atoms with Gasteiger partial charge in [0.15, 0.2) is 0 Å². The van der Waals surface area contributed by atoms with E-state index in [-0.39, 0.29) is 0 Å². The van der Waals surface area contributed by atoms with E-state index in [0.717, 1.165) is 6.42 Å². The summed E-state index contributed by atoms with van der Waals surface area (Å²) in [5, 5.41) is 0. The van der Waals surface area contributed by atoms with Crippen LogP contribution in [0.15, 0.2) is 0 Å². The van der Waals surface area contributed by atoms with Crippen molar-refractivity contribution in [3.05, 3.63) is 0 Å². The Morgan fingerprint density at radius 1 is 0.917 bits per heavy atom. The first-order chi connectivity index (χ1) is 5.19. The topological polar surface area (TPSA) is 3.24 Å². The summed E-state index contributed by atoms with van der Waals surface area (Å²) in [6.45, 7) is 2.45. The van der Waals surface area contributed by atoms with E-state index in [9.17, 15) is 0 Å². The van der Waals surface area contributed by atoms with Crippen molar-refractivity contribution >= 4 is 78.8 Å². The molecule has 0 aliphatic heterocycles. The van der Waals surface area contributed by atoms with Crippen LogP contribution in [0, 0.1) is 0 Å². The van der Waals surface area contributed by atoms with Gasteiger partial charge >= 0.3 is 12.3 Å². The molecule has 0 unspecified atom stereocenters. The molecule has 0 bridgehead atoms. The fourth-order valence-electron chi connectivity index (χ4n) is 0.621. The molecule has 0 aliphatic carbocycles. The van der Waals surface area contributed by atoms with E-state index in [4.69, 9.17) is 66.5 Å². The van der Waals surface area contributed by atoms with E-state index in [2.05, 4.69) is 0 Å². The lowest BCUT2D eigenvalue weighted by atomic mass is 10.5. The summed E-state index contributed by atoms with van der Waals surface area (Å²) in [4.78, 5) is 0. The van der Waals surface area contributed by atoms with E-state index in [1.165, 1.54) is 4.23 Å². The molecule has 1 nitrogen and oxygen atoms in total. The zero-order chi connectivity index (χ0) is 9.99. The van der Waals surface area contributed by atoms with Gasteiger partial charge in [0.2, 0.25) is 0 Å². The van der Waals surface area contributed by atoms with Gasteiger partial charge in [0.25, 0.3) is 0 Å². The van der Waals surface area contributed by atoms with E-state index in [1.807, 2.05) is 6.92 Å². The van der Waals surface area contributed by atoms with Crippen molar-refractivity contribution in [3.63, 3.8) is 0 Å². The summed E-state index contributed by atoms with van der Waals surface area (Å²) in [6.07, 6.45) is -5.26. The fraction of sp³-hybridized carbons (Fsp3) is 1.00. The number of hydrogen-bond acceptors (Lipinski definition) is 1. The van der Waals surface area contributed by atoms with Crippen molar-refractivity contribution in [1.82, 2.24) is 4.23 Å². The summed E-state index contributed by atoms with van der Waals surface area (Å²) in [6, 6.07) is 0. The minimum atomic E-state index is -3.03. The standard InChI is InChI=1S/C3H7Cl6NSi2/c1-2-3-10(11(4,5)6)12(7,8)9/h2-3H2,1H3. The number of halogens is 6. The molecular formula is C3H7Cl6NSi2. The average Bonchev–Trinajstić information content (AvgIpc) is 1.77. The lowest BCUT2D eigenvalue weighted by Gasteiger charge is -2.31. The Hall–Kier alpha value is 2.13. The molecule has 0 aliphatic rings. The van der Waals surface area contributed by atoms with Crippen molar-refractivity contribution in [1.29, 1.82) is 0 Å². The van der Waals surface area contributed by atoms with Crippen LogP contribution in [0.4, 0.5) is 0 Å². The molecule has 0 rings (SSSR count). The van der Waals surface area contributed by atoms with Crippen LogP contribution in [0.1, 0.15) is 13.3 Å². The van der Waals surface area contributed by atoms with E-state index >= 15 is 0 Å². The summed E-state index contributed by atoms with van der Waals surface area (Å²) in [7, 11) is 0. The summed E-state index contributed by atoms with van der Waals surface area (Å²) in [5.74, 6) is 0. The molecule has 0 saturated heterocycles. The second-order valence-corrected chi connectivity index (χ2v) is 18.8. The highest BCUT2D eigenvalue weighted by molar-refractivity contribution is 7.72. The molecule has 0 saturated carbocycles. The second-order valence-electron chi connectivity index (χ2n) is 2.09. The highest BCUT2D eigenvalue weighted by Gasteiger charge is 2.48. The summed E-state index contributed by atoms with van der Waals surface area (Å²) >= 11 is 34.4. The molecule has 0 spiro atoms. The number of nitrogens with zero attached hydrogens (tertiary/aromatic N) is 1. The SMILES string of the molecule is CCCN([Si](Cl)(Cl)Cl)[Si](Cl)(Cl)Cl. The van der Waals surface area contributed by atoms with Gasteiger partial charge in [0.1, 0.15) is 0 Å². The third-order valence-corrected chi connectivity index (χ3v) is 11.0. The monoisotopic (exact) mass is 323 g/mol. The summed E-state index contributed by atoms with van der Waals surface area (Å²) in [5.41, 5.74) is 0.